The molecule has 0 aliphatic carbocycles. The molecule has 0 aliphatic rings. The predicted molar refractivity (Wildman–Crippen MR) is 68.8 cm³/mol. The van der Waals surface area contributed by atoms with Gasteiger partial charge in [-0.1, -0.05) is 11.6 Å². The van der Waals surface area contributed by atoms with E-state index in [4.69, 9.17) is 0 Å². The zero-order valence-electron chi connectivity index (χ0n) is 8.13. The highest BCUT2D eigenvalue weighted by atomic mass is 127. The molecule has 1 rings (SSSR count). The Bertz CT molecular complexity index is 353. The van der Waals surface area contributed by atoms with Crippen molar-refractivity contribution in [2.24, 2.45) is 0 Å². The number of carbonyl (C=O) groups excluding carboxylic acids is 1. The van der Waals surface area contributed by atoms with Gasteiger partial charge in [0, 0.05) is 11.9 Å². The highest BCUT2D eigenvalue weighted by Gasteiger charge is 2.05. The Labute approximate surface area is 102 Å². The summed E-state index contributed by atoms with van der Waals surface area (Å²) in [5.74, 6) is 0.00154. The average molecular weight is 321 g/mol. The van der Waals surface area contributed by atoms with Gasteiger partial charge >= 0.3 is 0 Å². The van der Waals surface area contributed by atoms with Crippen LogP contribution in [0.5, 0.6) is 0 Å². The maximum Gasteiger partial charge on any atom is 0.252 e. The molecule has 76 valence electrons. The number of rotatable bonds is 3. The predicted octanol–water partition coefficient (Wildman–Crippen LogP) is 3.05. The molecule has 1 heterocycles. The molecule has 0 aliphatic heterocycles. The molecule has 0 aromatic carbocycles. The largest absolute Gasteiger partial charge is 0.349 e. The van der Waals surface area contributed by atoms with E-state index in [9.17, 15) is 4.79 Å². The van der Waals surface area contributed by atoms with Crippen LogP contribution in [0.3, 0.4) is 0 Å². The molecule has 0 fully saturated rings. The van der Waals surface area contributed by atoms with E-state index in [2.05, 4.69) is 27.9 Å². The van der Waals surface area contributed by atoms with Gasteiger partial charge in [-0.05, 0) is 42.5 Å². The summed E-state index contributed by atoms with van der Waals surface area (Å²) in [6.07, 6.45) is 2.00. The van der Waals surface area contributed by atoms with Crippen molar-refractivity contribution < 1.29 is 4.79 Å². The van der Waals surface area contributed by atoms with E-state index >= 15 is 0 Å². The minimum Gasteiger partial charge on any atom is -0.349 e. The van der Waals surface area contributed by atoms with E-state index in [1.165, 1.54) is 5.57 Å². The van der Waals surface area contributed by atoms with Gasteiger partial charge in [-0.15, -0.1) is 11.3 Å². The molecule has 0 spiro atoms. The summed E-state index contributed by atoms with van der Waals surface area (Å²) < 4.78 is 1.13. The summed E-state index contributed by atoms with van der Waals surface area (Å²) in [4.78, 5) is 11.5. The summed E-state index contributed by atoms with van der Waals surface area (Å²) in [6, 6.07) is 1.89. The Morgan fingerprint density at radius 3 is 2.86 bits per heavy atom. The zero-order chi connectivity index (χ0) is 10.6. The maximum atomic E-state index is 11.5. The van der Waals surface area contributed by atoms with Crippen LogP contribution in [0.2, 0.25) is 0 Å². The second-order valence-corrected chi connectivity index (χ2v) is 5.94. The van der Waals surface area contributed by atoms with Gasteiger partial charge in [-0.3, -0.25) is 4.79 Å². The first-order chi connectivity index (χ1) is 6.59. The summed E-state index contributed by atoms with van der Waals surface area (Å²) in [6.45, 7) is 4.63. The van der Waals surface area contributed by atoms with Crippen molar-refractivity contribution in [3.63, 3.8) is 0 Å². The van der Waals surface area contributed by atoms with Crippen LogP contribution in [0.25, 0.3) is 0 Å². The molecule has 0 saturated carbocycles. The van der Waals surface area contributed by atoms with Crippen LogP contribution in [0, 0.1) is 2.88 Å². The van der Waals surface area contributed by atoms with Crippen LogP contribution >= 0.6 is 33.9 Å². The van der Waals surface area contributed by atoms with Crippen molar-refractivity contribution in [3.8, 4) is 0 Å². The standard InChI is InChI=1S/C10H12INOS/c1-7(2)3-4-12-10(13)8-5-9(11)14-6-8/h3,5-6H,4H2,1-2H3,(H,12,13). The third kappa shape index (κ3) is 3.79. The molecule has 1 aromatic heterocycles. The normalized spacial score (nSPS) is 9.64. The second-order valence-electron chi connectivity index (χ2n) is 3.13. The van der Waals surface area contributed by atoms with Crippen LogP contribution in [0.15, 0.2) is 23.1 Å². The summed E-state index contributed by atoms with van der Waals surface area (Å²) in [5, 5.41) is 4.71. The lowest BCUT2D eigenvalue weighted by Crippen LogP contribution is -2.22. The molecule has 1 aromatic rings. The first-order valence-corrected chi connectivity index (χ1v) is 6.21. The zero-order valence-corrected chi connectivity index (χ0v) is 11.1. The number of hydrogen-bond donors (Lipinski definition) is 1. The van der Waals surface area contributed by atoms with E-state index in [1.54, 1.807) is 11.3 Å². The first kappa shape index (κ1) is 11.7. The van der Waals surface area contributed by atoms with Crippen LogP contribution in [0.1, 0.15) is 24.2 Å². The van der Waals surface area contributed by atoms with E-state index in [1.807, 2.05) is 31.4 Å². The molecule has 2 nitrogen and oxygen atoms in total. The van der Waals surface area contributed by atoms with Crippen molar-refractivity contribution in [1.29, 1.82) is 0 Å². The molecule has 4 heteroatoms. The lowest BCUT2D eigenvalue weighted by atomic mass is 10.3. The monoisotopic (exact) mass is 321 g/mol. The van der Waals surface area contributed by atoms with E-state index < -0.39 is 0 Å². The Balaban J connectivity index is 2.47. The number of halogens is 1. The average Bonchev–Trinajstić information content (AvgIpc) is 2.51. The Morgan fingerprint density at radius 1 is 1.64 bits per heavy atom. The molecule has 0 unspecified atom stereocenters. The fraction of sp³-hybridized carbons (Fsp3) is 0.300. The fourth-order valence-corrected chi connectivity index (χ4v) is 2.21. The fourth-order valence-electron chi connectivity index (χ4n) is 0.879. The third-order valence-electron chi connectivity index (χ3n) is 1.60. The molecule has 0 bridgehead atoms. The second kappa shape index (κ2) is 5.50. The number of carbonyl (C=O) groups is 1. The van der Waals surface area contributed by atoms with Gasteiger partial charge in [0.25, 0.3) is 5.91 Å². The minimum absolute atomic E-state index is 0.00154. The topological polar surface area (TPSA) is 29.1 Å². The minimum atomic E-state index is 0.00154. The molecule has 1 N–H and O–H groups in total. The van der Waals surface area contributed by atoms with Gasteiger partial charge < -0.3 is 5.32 Å². The van der Waals surface area contributed by atoms with E-state index in [-0.39, 0.29) is 5.91 Å². The highest BCUT2D eigenvalue weighted by Crippen LogP contribution is 2.16. The molecular formula is C10H12INOS. The van der Waals surface area contributed by atoms with Crippen LogP contribution < -0.4 is 5.32 Å². The van der Waals surface area contributed by atoms with E-state index in [0.29, 0.717) is 6.54 Å². The van der Waals surface area contributed by atoms with Crippen molar-refractivity contribution >= 4 is 39.8 Å². The van der Waals surface area contributed by atoms with Gasteiger partial charge in [0.05, 0.1) is 8.45 Å². The highest BCUT2D eigenvalue weighted by molar-refractivity contribution is 14.1. The Morgan fingerprint density at radius 2 is 2.36 bits per heavy atom. The summed E-state index contributed by atoms with van der Waals surface area (Å²) in [7, 11) is 0. The lowest BCUT2D eigenvalue weighted by Gasteiger charge is -1.99. The third-order valence-corrected chi connectivity index (χ3v) is 3.39. The summed E-state index contributed by atoms with van der Waals surface area (Å²) >= 11 is 3.79. The van der Waals surface area contributed by atoms with Gasteiger partial charge in [-0.2, -0.15) is 0 Å². The molecule has 0 atom stereocenters. The summed E-state index contributed by atoms with van der Waals surface area (Å²) in [5.41, 5.74) is 1.96. The van der Waals surface area contributed by atoms with Gasteiger partial charge in [-0.25, -0.2) is 0 Å². The van der Waals surface area contributed by atoms with Crippen LogP contribution in [-0.4, -0.2) is 12.5 Å². The molecule has 1 amide bonds. The smallest absolute Gasteiger partial charge is 0.252 e. The van der Waals surface area contributed by atoms with Crippen molar-refractivity contribution in [1.82, 2.24) is 5.32 Å². The number of amides is 1. The maximum absolute atomic E-state index is 11.5. The van der Waals surface area contributed by atoms with Crippen molar-refractivity contribution in [2.45, 2.75) is 13.8 Å². The quantitative estimate of drug-likeness (QED) is 0.673. The van der Waals surface area contributed by atoms with E-state index in [0.717, 1.165) is 8.45 Å². The van der Waals surface area contributed by atoms with Crippen molar-refractivity contribution in [2.75, 3.05) is 6.54 Å². The van der Waals surface area contributed by atoms with Crippen molar-refractivity contribution in [3.05, 3.63) is 31.5 Å². The lowest BCUT2D eigenvalue weighted by molar-refractivity contribution is 0.0958. The number of thiophene rings is 1. The Hall–Kier alpha value is -0.360. The van der Waals surface area contributed by atoms with Crippen LogP contribution in [-0.2, 0) is 0 Å². The van der Waals surface area contributed by atoms with Gasteiger partial charge in [0.1, 0.15) is 0 Å². The first-order valence-electron chi connectivity index (χ1n) is 4.25. The molecule has 0 saturated heterocycles. The molecular weight excluding hydrogens is 309 g/mol. The van der Waals surface area contributed by atoms with Gasteiger partial charge in [0.15, 0.2) is 0 Å². The number of hydrogen-bond acceptors (Lipinski definition) is 2. The Kier molecular flexibility index (Phi) is 4.60. The number of nitrogens with one attached hydrogen (secondary N) is 1. The van der Waals surface area contributed by atoms with Gasteiger partial charge in [0.2, 0.25) is 0 Å². The SMILES string of the molecule is CC(C)=CCNC(=O)c1csc(I)c1. The molecule has 0 radical (unpaired) electrons. The van der Waals surface area contributed by atoms with Crippen LogP contribution in [0.4, 0.5) is 0 Å². The number of allylic oxidation sites excluding steroid dienone is 1. The molecule has 14 heavy (non-hydrogen) atoms.